The number of aliphatic imine (C=N–C) groups is 1. The van der Waals surface area contributed by atoms with Gasteiger partial charge in [0.2, 0.25) is 0 Å². The maximum absolute atomic E-state index is 12.8. The second-order valence-corrected chi connectivity index (χ2v) is 6.50. The van der Waals surface area contributed by atoms with Gasteiger partial charge in [-0.15, -0.1) is 0 Å². The zero-order valence-electron chi connectivity index (χ0n) is 17.4. The predicted octanol–water partition coefficient (Wildman–Crippen LogP) is 3.76. The smallest absolute Gasteiger partial charge is 0.387 e. The fourth-order valence-corrected chi connectivity index (χ4v) is 3.14. The zero-order valence-corrected chi connectivity index (χ0v) is 17.4. The number of aryl methyl sites for hydroxylation is 2. The molecule has 9 heteroatoms. The summed E-state index contributed by atoms with van der Waals surface area (Å²) in [6.07, 6.45) is 0. The first-order valence-corrected chi connectivity index (χ1v) is 9.44. The van der Waals surface area contributed by atoms with Gasteiger partial charge >= 0.3 is 6.61 Å². The Morgan fingerprint density at radius 1 is 1.28 bits per heavy atom. The van der Waals surface area contributed by atoms with Gasteiger partial charge in [0, 0.05) is 37.2 Å². The van der Waals surface area contributed by atoms with Crippen molar-refractivity contribution >= 4 is 5.96 Å². The molecule has 0 radical (unpaired) electrons. The van der Waals surface area contributed by atoms with Crippen LogP contribution in [0.5, 0.6) is 11.5 Å². The highest BCUT2D eigenvalue weighted by Gasteiger charge is 2.18. The van der Waals surface area contributed by atoms with Crippen molar-refractivity contribution in [2.45, 2.75) is 46.8 Å². The van der Waals surface area contributed by atoms with Gasteiger partial charge < -0.3 is 24.6 Å². The summed E-state index contributed by atoms with van der Waals surface area (Å²) in [7, 11) is 1.64. The Hall–Kier alpha value is -2.84. The van der Waals surface area contributed by atoms with Gasteiger partial charge in [0.15, 0.2) is 17.5 Å². The topological polar surface area (TPSA) is 80.9 Å². The van der Waals surface area contributed by atoms with Crippen molar-refractivity contribution in [3.8, 4) is 11.5 Å². The molecule has 1 heterocycles. The average molecular weight is 410 g/mol. The zero-order chi connectivity index (χ0) is 21.4. The van der Waals surface area contributed by atoms with Gasteiger partial charge in [-0.25, -0.2) is 0 Å². The molecule has 0 spiro atoms. The number of ether oxygens (including phenoxy) is 2. The fourth-order valence-electron chi connectivity index (χ4n) is 3.14. The Kier molecular flexibility index (Phi) is 8.23. The standard InChI is InChI=1S/C20H28F2N4O3/c1-6-27-16-9-7-8-15(18(16)28-19(21)22)11-25-20(23-5)24-10-12(2)17-13(3)26-29-14(17)4/h7-9,12,19H,6,10-11H2,1-5H3,(H2,23,24,25). The molecule has 1 aromatic carbocycles. The first kappa shape index (κ1) is 22.4. The van der Waals surface area contributed by atoms with Gasteiger partial charge in [0.05, 0.1) is 12.3 Å². The number of alkyl halides is 2. The minimum Gasteiger partial charge on any atom is -0.490 e. The number of aromatic nitrogens is 1. The Morgan fingerprint density at radius 3 is 2.62 bits per heavy atom. The lowest BCUT2D eigenvalue weighted by molar-refractivity contribution is -0.0520. The number of hydrogen-bond acceptors (Lipinski definition) is 5. The highest BCUT2D eigenvalue weighted by atomic mass is 19.3. The molecular weight excluding hydrogens is 382 g/mol. The largest absolute Gasteiger partial charge is 0.490 e. The van der Waals surface area contributed by atoms with E-state index in [0.717, 1.165) is 17.0 Å². The van der Waals surface area contributed by atoms with Gasteiger partial charge in [-0.1, -0.05) is 24.2 Å². The number of nitrogens with one attached hydrogen (secondary N) is 2. The van der Waals surface area contributed by atoms with Gasteiger partial charge in [-0.3, -0.25) is 4.99 Å². The number of nitrogens with zero attached hydrogens (tertiary/aromatic N) is 2. The third kappa shape index (κ3) is 6.07. The summed E-state index contributed by atoms with van der Waals surface area (Å²) < 4.78 is 41.0. The van der Waals surface area contributed by atoms with Crippen molar-refractivity contribution in [2.24, 2.45) is 4.99 Å². The fraction of sp³-hybridized carbons (Fsp3) is 0.500. The van der Waals surface area contributed by atoms with E-state index in [2.05, 4.69) is 27.7 Å². The molecule has 2 rings (SSSR count). The molecule has 0 saturated heterocycles. The Bertz CT molecular complexity index is 805. The van der Waals surface area contributed by atoms with Crippen LogP contribution in [0.1, 0.15) is 42.3 Å². The number of hydrogen-bond donors (Lipinski definition) is 2. The van der Waals surface area contributed by atoms with E-state index >= 15 is 0 Å². The van der Waals surface area contributed by atoms with Crippen LogP contribution < -0.4 is 20.1 Å². The number of guanidine groups is 1. The van der Waals surface area contributed by atoms with Crippen LogP contribution >= 0.6 is 0 Å². The van der Waals surface area contributed by atoms with E-state index in [1.807, 2.05) is 13.8 Å². The molecule has 0 aliphatic heterocycles. The van der Waals surface area contributed by atoms with E-state index in [0.29, 0.717) is 24.7 Å². The molecule has 2 aromatic rings. The van der Waals surface area contributed by atoms with Crippen LogP contribution in [-0.2, 0) is 6.54 Å². The van der Waals surface area contributed by atoms with Crippen molar-refractivity contribution in [1.82, 2.24) is 15.8 Å². The predicted molar refractivity (Wildman–Crippen MR) is 107 cm³/mol. The highest BCUT2D eigenvalue weighted by Crippen LogP contribution is 2.32. The van der Waals surface area contributed by atoms with Crippen LogP contribution in [0.3, 0.4) is 0 Å². The number of halogens is 2. The van der Waals surface area contributed by atoms with Gasteiger partial charge in [-0.05, 0) is 26.8 Å². The summed E-state index contributed by atoms with van der Waals surface area (Å²) in [5.41, 5.74) is 2.46. The van der Waals surface area contributed by atoms with E-state index in [1.54, 1.807) is 32.2 Å². The van der Waals surface area contributed by atoms with Crippen LogP contribution in [0.15, 0.2) is 27.7 Å². The van der Waals surface area contributed by atoms with Crippen molar-refractivity contribution in [2.75, 3.05) is 20.2 Å². The summed E-state index contributed by atoms with van der Waals surface area (Å²) in [6, 6.07) is 5.03. The van der Waals surface area contributed by atoms with Crippen molar-refractivity contribution in [3.63, 3.8) is 0 Å². The third-order valence-electron chi connectivity index (χ3n) is 4.39. The number of rotatable bonds is 9. The van der Waals surface area contributed by atoms with E-state index in [4.69, 9.17) is 14.0 Å². The molecule has 29 heavy (non-hydrogen) atoms. The van der Waals surface area contributed by atoms with Crippen molar-refractivity contribution in [1.29, 1.82) is 0 Å². The molecule has 7 nitrogen and oxygen atoms in total. The first-order chi connectivity index (χ1) is 13.9. The highest BCUT2D eigenvalue weighted by molar-refractivity contribution is 5.79. The van der Waals surface area contributed by atoms with Crippen LogP contribution in [0.2, 0.25) is 0 Å². The molecule has 1 unspecified atom stereocenters. The summed E-state index contributed by atoms with van der Waals surface area (Å²) in [4.78, 5) is 4.19. The van der Waals surface area contributed by atoms with E-state index in [1.165, 1.54) is 0 Å². The van der Waals surface area contributed by atoms with E-state index in [9.17, 15) is 8.78 Å². The van der Waals surface area contributed by atoms with Gasteiger partial charge in [0.25, 0.3) is 0 Å². The Labute approximate surface area is 169 Å². The summed E-state index contributed by atoms with van der Waals surface area (Å²) in [5.74, 6) is 1.78. The lowest BCUT2D eigenvalue weighted by Gasteiger charge is -2.18. The quantitative estimate of drug-likeness (QED) is 0.484. The lowest BCUT2D eigenvalue weighted by atomic mass is 10.00. The van der Waals surface area contributed by atoms with E-state index in [-0.39, 0.29) is 24.0 Å². The van der Waals surface area contributed by atoms with Crippen LogP contribution in [0.4, 0.5) is 8.78 Å². The summed E-state index contributed by atoms with van der Waals surface area (Å²) >= 11 is 0. The summed E-state index contributed by atoms with van der Waals surface area (Å²) in [5, 5.41) is 10.3. The molecule has 2 N–H and O–H groups in total. The van der Waals surface area contributed by atoms with Gasteiger partial charge in [-0.2, -0.15) is 8.78 Å². The molecule has 1 atom stereocenters. The second kappa shape index (κ2) is 10.6. The summed E-state index contributed by atoms with van der Waals surface area (Å²) in [6.45, 7) is 5.88. The third-order valence-corrected chi connectivity index (χ3v) is 4.39. The number of para-hydroxylation sites is 1. The molecule has 0 fully saturated rings. The molecule has 160 valence electrons. The SMILES string of the molecule is CCOc1cccc(CNC(=NC)NCC(C)c2c(C)noc2C)c1OC(F)F. The molecular formula is C20H28F2N4O3. The monoisotopic (exact) mass is 410 g/mol. The van der Waals surface area contributed by atoms with Crippen LogP contribution in [0.25, 0.3) is 0 Å². The molecule has 0 aliphatic carbocycles. The van der Waals surface area contributed by atoms with Gasteiger partial charge in [0.1, 0.15) is 5.76 Å². The first-order valence-electron chi connectivity index (χ1n) is 9.44. The molecule has 0 amide bonds. The molecule has 0 saturated carbocycles. The average Bonchev–Trinajstić information content (AvgIpc) is 3.02. The van der Waals surface area contributed by atoms with Crippen molar-refractivity contribution in [3.05, 3.63) is 40.8 Å². The maximum atomic E-state index is 12.8. The van der Waals surface area contributed by atoms with Crippen LogP contribution in [-0.4, -0.2) is 37.9 Å². The van der Waals surface area contributed by atoms with E-state index < -0.39 is 6.61 Å². The minimum atomic E-state index is -2.94. The van der Waals surface area contributed by atoms with Crippen molar-refractivity contribution < 1.29 is 22.8 Å². The maximum Gasteiger partial charge on any atom is 0.387 e. The Morgan fingerprint density at radius 2 is 2.03 bits per heavy atom. The van der Waals surface area contributed by atoms with Crippen LogP contribution in [0, 0.1) is 13.8 Å². The lowest BCUT2D eigenvalue weighted by Crippen LogP contribution is -2.38. The molecule has 0 aliphatic rings. The second-order valence-electron chi connectivity index (χ2n) is 6.50. The molecule has 0 bridgehead atoms. The normalized spacial score (nSPS) is 12.8. The Balaban J connectivity index is 2.03. The molecule has 1 aromatic heterocycles. The minimum absolute atomic E-state index is 0.0244. The number of benzene rings is 1.